The highest BCUT2D eigenvalue weighted by molar-refractivity contribution is 8.00. The molecule has 4 aromatic rings. The third-order valence-corrected chi connectivity index (χ3v) is 7.41. The number of para-hydroxylation sites is 1. The molecule has 1 atom stereocenters. The number of carbonyl (C=O) groups excluding carboxylic acids is 1. The average molecular weight is 461 g/mol. The van der Waals surface area contributed by atoms with E-state index in [1.54, 1.807) is 11.3 Å². The number of rotatable bonds is 8. The van der Waals surface area contributed by atoms with Gasteiger partial charge in [0, 0.05) is 28.6 Å². The first-order valence-corrected chi connectivity index (χ1v) is 12.5. The lowest BCUT2D eigenvalue weighted by Gasteiger charge is -2.15. The van der Waals surface area contributed by atoms with E-state index in [-0.39, 0.29) is 11.2 Å². The molecule has 162 valence electrons. The number of amides is 1. The quantitative estimate of drug-likeness (QED) is 0.325. The Bertz CT molecular complexity index is 1200. The van der Waals surface area contributed by atoms with E-state index in [2.05, 4.69) is 49.7 Å². The van der Waals surface area contributed by atoms with Crippen LogP contribution in [0.5, 0.6) is 0 Å². The molecule has 0 spiro atoms. The van der Waals surface area contributed by atoms with Gasteiger partial charge in [0.15, 0.2) is 5.16 Å². The number of thioether (sulfide) groups is 1. The maximum Gasteiger partial charge on any atom is 0.237 e. The summed E-state index contributed by atoms with van der Waals surface area (Å²) in [5.41, 5.74) is 2.91. The molecule has 0 aliphatic heterocycles. The van der Waals surface area contributed by atoms with Crippen molar-refractivity contribution < 1.29 is 4.79 Å². The number of hydrogen-bond acceptors (Lipinski definition) is 5. The third-order valence-electron chi connectivity index (χ3n) is 5.48. The van der Waals surface area contributed by atoms with E-state index < -0.39 is 0 Å². The molecule has 1 aliphatic carbocycles. The molecule has 2 aromatic carbocycles. The Kier molecular flexibility index (Phi) is 6.10. The van der Waals surface area contributed by atoms with E-state index >= 15 is 0 Å². The molecule has 0 bridgehead atoms. The molecule has 7 heteroatoms. The normalized spacial score (nSPS) is 14.3. The topological polar surface area (TPSA) is 59.8 Å². The predicted octanol–water partition coefficient (Wildman–Crippen LogP) is 6.05. The molecule has 1 amide bonds. The summed E-state index contributed by atoms with van der Waals surface area (Å²) < 4.78 is 2.24. The van der Waals surface area contributed by atoms with Crippen molar-refractivity contribution in [3.63, 3.8) is 0 Å². The van der Waals surface area contributed by atoms with Gasteiger partial charge in [0.25, 0.3) is 0 Å². The van der Waals surface area contributed by atoms with Gasteiger partial charge < -0.3 is 9.88 Å². The number of carbonyl (C=O) groups is 1. The van der Waals surface area contributed by atoms with Gasteiger partial charge in [0.1, 0.15) is 5.82 Å². The zero-order chi connectivity index (χ0) is 21.9. The number of benzene rings is 2. The van der Waals surface area contributed by atoms with Gasteiger partial charge in [-0.1, -0.05) is 66.4 Å². The highest BCUT2D eigenvalue weighted by Gasteiger charge is 2.31. The second kappa shape index (κ2) is 9.30. The fourth-order valence-corrected chi connectivity index (χ4v) is 5.32. The van der Waals surface area contributed by atoms with Crippen molar-refractivity contribution >= 4 is 34.7 Å². The molecule has 2 aromatic heterocycles. The van der Waals surface area contributed by atoms with Crippen molar-refractivity contribution in [1.82, 2.24) is 14.8 Å². The van der Waals surface area contributed by atoms with Crippen molar-refractivity contribution in [1.29, 1.82) is 0 Å². The van der Waals surface area contributed by atoms with Crippen LogP contribution in [0.15, 0.2) is 77.3 Å². The van der Waals surface area contributed by atoms with Crippen LogP contribution in [0.4, 0.5) is 5.69 Å². The van der Waals surface area contributed by atoms with Crippen LogP contribution in [0.1, 0.15) is 36.5 Å². The zero-order valence-corrected chi connectivity index (χ0v) is 19.4. The number of aromatic nitrogens is 3. The molecule has 0 unspecified atom stereocenters. The van der Waals surface area contributed by atoms with Crippen LogP contribution in [0, 0.1) is 0 Å². The van der Waals surface area contributed by atoms with Crippen LogP contribution in [0.2, 0.25) is 0 Å². The Labute approximate surface area is 195 Å². The Morgan fingerprint density at radius 3 is 2.62 bits per heavy atom. The lowest BCUT2D eigenvalue weighted by Crippen LogP contribution is -2.23. The van der Waals surface area contributed by atoms with Crippen LogP contribution < -0.4 is 5.32 Å². The number of hydrogen-bond donors (Lipinski definition) is 1. The third kappa shape index (κ3) is 4.64. The van der Waals surface area contributed by atoms with Crippen LogP contribution in [-0.2, 0) is 11.2 Å². The van der Waals surface area contributed by atoms with Crippen molar-refractivity contribution in [2.24, 2.45) is 0 Å². The second-order valence-corrected chi connectivity index (χ2v) is 10.3. The van der Waals surface area contributed by atoms with Gasteiger partial charge in [-0.2, -0.15) is 0 Å². The monoisotopic (exact) mass is 460 g/mol. The van der Waals surface area contributed by atoms with E-state index in [0.29, 0.717) is 6.04 Å². The summed E-state index contributed by atoms with van der Waals surface area (Å²) in [5.74, 6) is 0.947. The van der Waals surface area contributed by atoms with E-state index in [1.165, 1.54) is 16.6 Å². The Morgan fingerprint density at radius 1 is 1.09 bits per heavy atom. The maximum absolute atomic E-state index is 13.1. The fourth-order valence-electron chi connectivity index (χ4n) is 3.68. The van der Waals surface area contributed by atoms with Crippen molar-refractivity contribution in [2.75, 3.05) is 5.32 Å². The first-order valence-electron chi connectivity index (χ1n) is 10.8. The lowest BCUT2D eigenvalue weighted by atomic mass is 10.0. The number of nitrogens with one attached hydrogen (secondary N) is 1. The summed E-state index contributed by atoms with van der Waals surface area (Å²) >= 11 is 3.22. The first-order chi connectivity index (χ1) is 15.7. The first kappa shape index (κ1) is 21.0. The van der Waals surface area contributed by atoms with E-state index in [9.17, 15) is 4.79 Å². The lowest BCUT2D eigenvalue weighted by molar-refractivity contribution is -0.115. The molecule has 1 aliphatic rings. The molecule has 1 saturated carbocycles. The van der Waals surface area contributed by atoms with Crippen molar-refractivity contribution in [3.8, 4) is 11.1 Å². The Morgan fingerprint density at radius 2 is 1.88 bits per heavy atom. The minimum atomic E-state index is -0.296. The van der Waals surface area contributed by atoms with Gasteiger partial charge in [-0.15, -0.1) is 21.5 Å². The molecule has 2 heterocycles. The smallest absolute Gasteiger partial charge is 0.237 e. The zero-order valence-electron chi connectivity index (χ0n) is 17.8. The van der Waals surface area contributed by atoms with Gasteiger partial charge in [0.05, 0.1) is 5.25 Å². The highest BCUT2D eigenvalue weighted by Crippen LogP contribution is 2.40. The molecule has 1 N–H and O–H groups in total. The summed E-state index contributed by atoms with van der Waals surface area (Å²) in [4.78, 5) is 14.3. The summed E-state index contributed by atoms with van der Waals surface area (Å²) in [5, 5.41) is 14.7. The average Bonchev–Trinajstić information content (AvgIpc) is 3.37. The SMILES string of the molecule is C[C@H](Sc1nnc(Cc2cccs2)n1C1CC1)C(=O)Nc1ccccc1-c1ccccc1. The second-order valence-electron chi connectivity index (χ2n) is 7.92. The number of anilines is 1. The van der Waals surface area contributed by atoms with Crippen LogP contribution in [0.3, 0.4) is 0 Å². The summed E-state index contributed by atoms with van der Waals surface area (Å²) in [6, 6.07) is 22.7. The van der Waals surface area contributed by atoms with Crippen LogP contribution in [0.25, 0.3) is 11.1 Å². The predicted molar refractivity (Wildman–Crippen MR) is 131 cm³/mol. The van der Waals surface area contributed by atoms with Gasteiger partial charge in [-0.3, -0.25) is 4.79 Å². The van der Waals surface area contributed by atoms with Gasteiger partial charge >= 0.3 is 0 Å². The highest BCUT2D eigenvalue weighted by atomic mass is 32.2. The maximum atomic E-state index is 13.1. The molecule has 5 rings (SSSR count). The molecule has 0 saturated heterocycles. The molecule has 32 heavy (non-hydrogen) atoms. The van der Waals surface area contributed by atoms with Crippen LogP contribution >= 0.6 is 23.1 Å². The Hall–Kier alpha value is -2.90. The largest absolute Gasteiger partial charge is 0.325 e. The van der Waals surface area contributed by atoms with E-state index in [4.69, 9.17) is 0 Å². The standard InChI is InChI=1S/C25H24N4OS2/c1-17(24(30)26-22-12-6-5-11-21(22)18-8-3-2-4-9-18)32-25-28-27-23(29(25)19-13-14-19)16-20-10-7-15-31-20/h2-12,15,17,19H,13-14,16H2,1H3,(H,26,30)/t17-/m0/s1. The molecule has 0 radical (unpaired) electrons. The van der Waals surface area contributed by atoms with Crippen LogP contribution in [-0.4, -0.2) is 25.9 Å². The molecular formula is C25H24N4OS2. The fraction of sp³-hybridized carbons (Fsp3) is 0.240. The molecular weight excluding hydrogens is 436 g/mol. The Balaban J connectivity index is 1.32. The minimum absolute atomic E-state index is 0.0384. The summed E-state index contributed by atoms with van der Waals surface area (Å²) in [6.45, 7) is 1.93. The summed E-state index contributed by atoms with van der Waals surface area (Å²) in [6.07, 6.45) is 3.08. The molecule has 1 fully saturated rings. The van der Waals surface area contributed by atoms with E-state index in [1.807, 2.05) is 49.4 Å². The van der Waals surface area contributed by atoms with Crippen molar-refractivity contribution in [3.05, 3.63) is 82.8 Å². The van der Waals surface area contributed by atoms with E-state index in [0.717, 1.165) is 47.1 Å². The number of thiophene rings is 1. The number of nitrogens with zero attached hydrogens (tertiary/aromatic N) is 3. The minimum Gasteiger partial charge on any atom is -0.325 e. The summed E-state index contributed by atoms with van der Waals surface area (Å²) in [7, 11) is 0. The van der Waals surface area contributed by atoms with Crippen molar-refractivity contribution in [2.45, 2.75) is 42.6 Å². The van der Waals surface area contributed by atoms with Gasteiger partial charge in [0.2, 0.25) is 5.91 Å². The molecule has 5 nitrogen and oxygen atoms in total. The van der Waals surface area contributed by atoms with Gasteiger partial charge in [-0.25, -0.2) is 0 Å². The van der Waals surface area contributed by atoms with Gasteiger partial charge in [-0.05, 0) is 42.8 Å².